The van der Waals surface area contributed by atoms with Gasteiger partial charge < -0.3 is 20.5 Å². The van der Waals surface area contributed by atoms with Gasteiger partial charge in [0.2, 0.25) is 0 Å². The Morgan fingerprint density at radius 2 is 2.14 bits per heavy atom. The average molecular weight is 308 g/mol. The van der Waals surface area contributed by atoms with Crippen LogP contribution in [0.3, 0.4) is 0 Å². The van der Waals surface area contributed by atoms with E-state index in [0.717, 1.165) is 15.0 Å². The number of amides is 2. The van der Waals surface area contributed by atoms with Crippen LogP contribution in [0.1, 0.15) is 11.8 Å². The molecule has 1 aromatic heterocycles. The Balaban J connectivity index is 1.96. The van der Waals surface area contributed by atoms with Crippen LogP contribution in [-0.4, -0.2) is 37.9 Å². The lowest BCUT2D eigenvalue weighted by atomic mass is 10.0. The number of carbonyl (C=O) groups is 1. The summed E-state index contributed by atoms with van der Waals surface area (Å²) < 4.78 is 5.97. The van der Waals surface area contributed by atoms with E-state index in [2.05, 4.69) is 10.6 Å². The standard InChI is InChI=1S/C15H20N2O3S/c1-15(19,10-17-14(18)16-7-8-20-2)13-9-11-5-3-4-6-12(11)21-13/h3-6,9,19H,7-8,10H2,1-2H3,(H2,16,17,18)/t15-/m0/s1. The number of thiophene rings is 1. The number of methoxy groups -OCH3 is 1. The molecule has 0 aliphatic heterocycles. The van der Waals surface area contributed by atoms with Crippen LogP contribution in [0, 0.1) is 0 Å². The third-order valence-electron chi connectivity index (χ3n) is 3.14. The smallest absolute Gasteiger partial charge is 0.314 e. The van der Waals surface area contributed by atoms with Crippen molar-refractivity contribution in [1.82, 2.24) is 10.6 Å². The van der Waals surface area contributed by atoms with E-state index >= 15 is 0 Å². The Bertz CT molecular complexity index is 577. The first-order valence-corrected chi connectivity index (χ1v) is 7.56. The van der Waals surface area contributed by atoms with Gasteiger partial charge >= 0.3 is 6.03 Å². The molecule has 3 N–H and O–H groups in total. The number of fused-ring (bicyclic) bond motifs is 1. The predicted molar refractivity (Wildman–Crippen MR) is 84.7 cm³/mol. The third-order valence-corrected chi connectivity index (χ3v) is 4.51. The lowest BCUT2D eigenvalue weighted by Crippen LogP contribution is -2.43. The van der Waals surface area contributed by atoms with Crippen molar-refractivity contribution in [3.63, 3.8) is 0 Å². The van der Waals surface area contributed by atoms with Gasteiger partial charge in [-0.3, -0.25) is 0 Å². The van der Waals surface area contributed by atoms with E-state index in [1.165, 1.54) is 11.3 Å². The van der Waals surface area contributed by atoms with Crippen LogP contribution in [0.4, 0.5) is 4.79 Å². The molecule has 6 heteroatoms. The predicted octanol–water partition coefficient (Wildman–Crippen LogP) is 2.05. The third kappa shape index (κ3) is 4.17. The number of carbonyl (C=O) groups excluding carboxylic acids is 1. The van der Waals surface area contributed by atoms with Gasteiger partial charge in [0.05, 0.1) is 13.2 Å². The molecule has 21 heavy (non-hydrogen) atoms. The van der Waals surface area contributed by atoms with Gasteiger partial charge in [0.15, 0.2) is 0 Å². The summed E-state index contributed by atoms with van der Waals surface area (Å²) in [6.07, 6.45) is 0. The van der Waals surface area contributed by atoms with Crippen molar-refractivity contribution in [2.75, 3.05) is 26.8 Å². The van der Waals surface area contributed by atoms with E-state index < -0.39 is 5.60 Å². The zero-order valence-corrected chi connectivity index (χ0v) is 13.0. The summed E-state index contributed by atoms with van der Waals surface area (Å²) in [7, 11) is 1.58. The molecule has 0 spiro atoms. The van der Waals surface area contributed by atoms with Crippen molar-refractivity contribution in [3.05, 3.63) is 35.2 Å². The number of nitrogens with one attached hydrogen (secondary N) is 2. The number of hydrogen-bond acceptors (Lipinski definition) is 4. The van der Waals surface area contributed by atoms with E-state index in [1.807, 2.05) is 30.3 Å². The summed E-state index contributed by atoms with van der Waals surface area (Å²) in [4.78, 5) is 12.4. The molecule has 0 saturated heterocycles. The first kappa shape index (κ1) is 15.8. The largest absolute Gasteiger partial charge is 0.383 e. The molecule has 2 amide bonds. The summed E-state index contributed by atoms with van der Waals surface area (Å²) >= 11 is 1.54. The summed E-state index contributed by atoms with van der Waals surface area (Å²) in [5.74, 6) is 0. The molecule has 2 rings (SSSR count). The molecule has 114 valence electrons. The Morgan fingerprint density at radius 3 is 2.86 bits per heavy atom. The monoisotopic (exact) mass is 308 g/mol. The first-order valence-electron chi connectivity index (χ1n) is 6.75. The van der Waals surface area contributed by atoms with Gasteiger partial charge in [-0.15, -0.1) is 11.3 Å². The highest BCUT2D eigenvalue weighted by Gasteiger charge is 2.26. The number of hydrogen-bond donors (Lipinski definition) is 3. The second kappa shape index (κ2) is 6.89. The molecule has 2 aromatic rings. The topological polar surface area (TPSA) is 70.6 Å². The molecule has 0 saturated carbocycles. The van der Waals surface area contributed by atoms with Crippen molar-refractivity contribution >= 4 is 27.5 Å². The van der Waals surface area contributed by atoms with Crippen LogP contribution in [-0.2, 0) is 10.3 Å². The van der Waals surface area contributed by atoms with E-state index in [4.69, 9.17) is 4.74 Å². The molecule has 5 nitrogen and oxygen atoms in total. The van der Waals surface area contributed by atoms with Crippen LogP contribution >= 0.6 is 11.3 Å². The molecule has 0 radical (unpaired) electrons. The van der Waals surface area contributed by atoms with E-state index in [9.17, 15) is 9.90 Å². The van der Waals surface area contributed by atoms with Crippen molar-refractivity contribution in [2.24, 2.45) is 0 Å². The maximum Gasteiger partial charge on any atom is 0.314 e. The van der Waals surface area contributed by atoms with Crippen LogP contribution < -0.4 is 10.6 Å². The quantitative estimate of drug-likeness (QED) is 0.715. The number of rotatable bonds is 6. The average Bonchev–Trinajstić information content (AvgIpc) is 2.90. The maximum absolute atomic E-state index is 11.6. The van der Waals surface area contributed by atoms with E-state index in [-0.39, 0.29) is 12.6 Å². The molecule has 1 aromatic carbocycles. The lowest BCUT2D eigenvalue weighted by molar-refractivity contribution is 0.0631. The molecule has 0 bridgehead atoms. The normalized spacial score (nSPS) is 13.9. The molecule has 0 aliphatic carbocycles. The van der Waals surface area contributed by atoms with Gasteiger partial charge in [-0.1, -0.05) is 18.2 Å². The Morgan fingerprint density at radius 1 is 1.38 bits per heavy atom. The van der Waals surface area contributed by atoms with Gasteiger partial charge in [0, 0.05) is 23.2 Å². The van der Waals surface area contributed by atoms with E-state index in [0.29, 0.717) is 13.2 Å². The minimum Gasteiger partial charge on any atom is -0.383 e. The Kier molecular flexibility index (Phi) is 5.17. The number of benzene rings is 1. The van der Waals surface area contributed by atoms with Gasteiger partial charge in [-0.2, -0.15) is 0 Å². The number of ether oxygens (including phenoxy) is 1. The molecule has 1 heterocycles. The zero-order chi connectivity index (χ0) is 15.3. The Labute approximate surface area is 127 Å². The highest BCUT2D eigenvalue weighted by Crippen LogP contribution is 2.32. The Hall–Kier alpha value is -1.63. The van der Waals surface area contributed by atoms with Gasteiger partial charge in [0.1, 0.15) is 5.60 Å². The molecular formula is C15H20N2O3S. The highest BCUT2D eigenvalue weighted by molar-refractivity contribution is 7.19. The molecular weight excluding hydrogens is 288 g/mol. The minimum atomic E-state index is -1.09. The van der Waals surface area contributed by atoms with Crippen LogP contribution in [0.15, 0.2) is 30.3 Å². The van der Waals surface area contributed by atoms with Crippen molar-refractivity contribution in [2.45, 2.75) is 12.5 Å². The fourth-order valence-corrected chi connectivity index (χ4v) is 3.02. The first-order chi connectivity index (χ1) is 10.0. The van der Waals surface area contributed by atoms with Crippen molar-refractivity contribution < 1.29 is 14.6 Å². The fraction of sp³-hybridized carbons (Fsp3) is 0.400. The summed E-state index contributed by atoms with van der Waals surface area (Å²) in [5.41, 5.74) is -1.09. The zero-order valence-electron chi connectivity index (χ0n) is 12.2. The van der Waals surface area contributed by atoms with Crippen molar-refractivity contribution in [3.8, 4) is 0 Å². The van der Waals surface area contributed by atoms with Crippen LogP contribution in [0.2, 0.25) is 0 Å². The van der Waals surface area contributed by atoms with Crippen LogP contribution in [0.25, 0.3) is 10.1 Å². The summed E-state index contributed by atoms with van der Waals surface area (Å²) in [6, 6.07) is 9.62. The van der Waals surface area contributed by atoms with Crippen molar-refractivity contribution in [1.29, 1.82) is 0 Å². The highest BCUT2D eigenvalue weighted by atomic mass is 32.1. The minimum absolute atomic E-state index is 0.151. The SMILES string of the molecule is COCCNC(=O)NC[C@](C)(O)c1cc2ccccc2s1. The number of urea groups is 1. The lowest BCUT2D eigenvalue weighted by Gasteiger charge is -2.22. The molecule has 0 unspecified atom stereocenters. The molecule has 0 fully saturated rings. The van der Waals surface area contributed by atoms with Gasteiger partial charge in [-0.05, 0) is 24.4 Å². The number of aliphatic hydroxyl groups is 1. The molecule has 0 aliphatic rings. The van der Waals surface area contributed by atoms with Gasteiger partial charge in [-0.25, -0.2) is 4.79 Å². The second-order valence-corrected chi connectivity index (χ2v) is 6.11. The fourth-order valence-electron chi connectivity index (χ4n) is 1.92. The van der Waals surface area contributed by atoms with Gasteiger partial charge in [0.25, 0.3) is 0 Å². The van der Waals surface area contributed by atoms with E-state index in [1.54, 1.807) is 14.0 Å². The maximum atomic E-state index is 11.6. The van der Waals surface area contributed by atoms with Crippen LogP contribution in [0.5, 0.6) is 0 Å². The second-order valence-electron chi connectivity index (χ2n) is 5.02. The molecule has 1 atom stereocenters. The summed E-state index contributed by atoms with van der Waals surface area (Å²) in [6.45, 7) is 2.75. The summed E-state index contributed by atoms with van der Waals surface area (Å²) in [5, 5.41) is 17.0.